The van der Waals surface area contributed by atoms with E-state index in [1.54, 1.807) is 55.8 Å². The highest BCUT2D eigenvalue weighted by atomic mass is 35.5. The summed E-state index contributed by atoms with van der Waals surface area (Å²) >= 11 is 7.11. The number of fused-ring (bicyclic) bond motifs is 1. The van der Waals surface area contributed by atoms with Gasteiger partial charge in [-0.2, -0.15) is 4.31 Å². The van der Waals surface area contributed by atoms with Crippen LogP contribution in [0.2, 0.25) is 5.02 Å². The number of carbonyl (C=O) groups is 2. The number of benzene rings is 1. The van der Waals surface area contributed by atoms with Gasteiger partial charge < -0.3 is 9.80 Å². The van der Waals surface area contributed by atoms with E-state index >= 15 is 0 Å². The third kappa shape index (κ3) is 4.42. The molecular formula is C20H19ClN4O4S2. The quantitative estimate of drug-likeness (QED) is 0.561. The third-order valence-corrected chi connectivity index (χ3v) is 8.71. The van der Waals surface area contributed by atoms with Gasteiger partial charge in [-0.25, -0.2) is 8.42 Å². The standard InChI is InChI=1S/C20H19ClN4O4S2/c1-23(16-4-6-22-7-5-16)18(26)12-24-8-9-25(13-19(24)27)31(28,29)20-10-14-2-3-15(21)11-17(14)30-20/h2-7,10-11H,8-9,12-13H2,1H3. The maximum absolute atomic E-state index is 13.1. The molecule has 1 aromatic carbocycles. The van der Waals surface area contributed by atoms with Gasteiger partial charge in [-0.3, -0.25) is 14.6 Å². The van der Waals surface area contributed by atoms with Crippen molar-refractivity contribution in [3.8, 4) is 0 Å². The van der Waals surface area contributed by atoms with E-state index < -0.39 is 15.9 Å². The molecule has 1 aliphatic heterocycles. The molecule has 0 saturated carbocycles. The molecule has 1 saturated heterocycles. The second-order valence-electron chi connectivity index (χ2n) is 7.06. The molecule has 162 valence electrons. The first-order valence-electron chi connectivity index (χ1n) is 9.39. The molecule has 0 spiro atoms. The maximum atomic E-state index is 13.1. The first-order chi connectivity index (χ1) is 14.8. The van der Waals surface area contributed by atoms with Gasteiger partial charge in [0.2, 0.25) is 11.8 Å². The summed E-state index contributed by atoms with van der Waals surface area (Å²) in [5.41, 5.74) is 0.665. The van der Waals surface area contributed by atoms with Crippen molar-refractivity contribution in [3.63, 3.8) is 0 Å². The third-order valence-electron chi connectivity index (χ3n) is 5.09. The van der Waals surface area contributed by atoms with Gasteiger partial charge in [0.05, 0.1) is 6.54 Å². The van der Waals surface area contributed by atoms with Gasteiger partial charge in [-0.1, -0.05) is 17.7 Å². The van der Waals surface area contributed by atoms with Crippen LogP contribution in [0.1, 0.15) is 0 Å². The number of rotatable bonds is 5. The number of nitrogens with zero attached hydrogens (tertiary/aromatic N) is 4. The Balaban J connectivity index is 1.44. The Labute approximate surface area is 188 Å². The summed E-state index contributed by atoms with van der Waals surface area (Å²) in [6, 6.07) is 10.2. The summed E-state index contributed by atoms with van der Waals surface area (Å²) in [7, 11) is -2.20. The lowest BCUT2D eigenvalue weighted by atomic mass is 10.3. The van der Waals surface area contributed by atoms with Gasteiger partial charge in [-0.15, -0.1) is 11.3 Å². The lowest BCUT2D eigenvalue weighted by molar-refractivity contribution is -0.137. The second kappa shape index (κ2) is 8.54. The second-order valence-corrected chi connectivity index (χ2v) is 10.7. The highest BCUT2D eigenvalue weighted by molar-refractivity contribution is 7.91. The number of anilines is 1. The van der Waals surface area contributed by atoms with Gasteiger partial charge in [0.1, 0.15) is 10.8 Å². The molecule has 31 heavy (non-hydrogen) atoms. The Hall–Kier alpha value is -2.53. The summed E-state index contributed by atoms with van der Waals surface area (Å²) in [4.78, 5) is 31.9. The number of sulfonamides is 1. The molecule has 1 fully saturated rings. The van der Waals surface area contributed by atoms with Crippen molar-refractivity contribution in [2.75, 3.05) is 38.1 Å². The molecule has 0 N–H and O–H groups in total. The van der Waals surface area contributed by atoms with Crippen LogP contribution in [0.15, 0.2) is 53.0 Å². The molecule has 2 aromatic heterocycles. The number of likely N-dealkylation sites (N-methyl/N-ethyl adjacent to an activating group) is 1. The van der Waals surface area contributed by atoms with E-state index in [1.165, 1.54) is 9.80 Å². The summed E-state index contributed by atoms with van der Waals surface area (Å²) in [5, 5.41) is 1.31. The topological polar surface area (TPSA) is 90.9 Å². The lowest BCUT2D eigenvalue weighted by Gasteiger charge is -2.33. The molecule has 4 rings (SSSR count). The van der Waals surface area contributed by atoms with Crippen LogP contribution in [-0.4, -0.2) is 67.6 Å². The summed E-state index contributed by atoms with van der Waals surface area (Å²) in [6.45, 7) is -0.156. The Kier molecular flexibility index (Phi) is 5.98. The van der Waals surface area contributed by atoms with E-state index in [-0.39, 0.29) is 36.3 Å². The van der Waals surface area contributed by atoms with E-state index in [0.717, 1.165) is 25.7 Å². The number of hydrogen-bond donors (Lipinski definition) is 0. The minimum Gasteiger partial charge on any atom is -0.331 e. The van der Waals surface area contributed by atoms with Crippen LogP contribution >= 0.6 is 22.9 Å². The van der Waals surface area contributed by atoms with Crippen LogP contribution in [0.3, 0.4) is 0 Å². The lowest BCUT2D eigenvalue weighted by Crippen LogP contribution is -2.54. The normalized spacial score (nSPS) is 15.4. The predicted octanol–water partition coefficient (Wildman–Crippen LogP) is 2.45. The summed E-state index contributed by atoms with van der Waals surface area (Å²) in [6.07, 6.45) is 3.16. The molecule has 0 aliphatic carbocycles. The summed E-state index contributed by atoms with van der Waals surface area (Å²) < 4.78 is 28.2. The Bertz CT molecular complexity index is 1250. The fourth-order valence-electron chi connectivity index (χ4n) is 3.28. The highest BCUT2D eigenvalue weighted by Crippen LogP contribution is 2.33. The van der Waals surface area contributed by atoms with Crippen LogP contribution in [0.4, 0.5) is 5.69 Å². The van der Waals surface area contributed by atoms with Crippen molar-refractivity contribution in [1.29, 1.82) is 0 Å². The zero-order valence-electron chi connectivity index (χ0n) is 16.6. The van der Waals surface area contributed by atoms with E-state index in [9.17, 15) is 18.0 Å². The fraction of sp³-hybridized carbons (Fsp3) is 0.250. The van der Waals surface area contributed by atoms with Crippen LogP contribution in [0.25, 0.3) is 10.1 Å². The number of carbonyl (C=O) groups excluding carboxylic acids is 2. The molecule has 0 radical (unpaired) electrons. The van der Waals surface area contributed by atoms with Crippen molar-refractivity contribution in [2.45, 2.75) is 4.21 Å². The zero-order chi connectivity index (χ0) is 22.2. The van der Waals surface area contributed by atoms with Crippen molar-refractivity contribution in [3.05, 3.63) is 53.8 Å². The monoisotopic (exact) mass is 478 g/mol. The number of hydrogen-bond acceptors (Lipinski definition) is 6. The largest absolute Gasteiger partial charge is 0.331 e. The van der Waals surface area contributed by atoms with Crippen molar-refractivity contribution in [2.24, 2.45) is 0 Å². The van der Waals surface area contributed by atoms with E-state index in [2.05, 4.69) is 4.98 Å². The van der Waals surface area contributed by atoms with Gasteiger partial charge >= 0.3 is 0 Å². The van der Waals surface area contributed by atoms with Crippen LogP contribution in [-0.2, 0) is 19.6 Å². The van der Waals surface area contributed by atoms with E-state index in [1.807, 2.05) is 0 Å². The Morgan fingerprint density at radius 2 is 1.94 bits per heavy atom. The van der Waals surface area contributed by atoms with Gasteiger partial charge in [0.25, 0.3) is 10.0 Å². The molecule has 8 nitrogen and oxygen atoms in total. The van der Waals surface area contributed by atoms with Crippen LogP contribution in [0.5, 0.6) is 0 Å². The zero-order valence-corrected chi connectivity index (χ0v) is 19.0. The van der Waals surface area contributed by atoms with Gasteiger partial charge in [0.15, 0.2) is 0 Å². The number of halogens is 1. The molecule has 0 atom stereocenters. The number of thiophene rings is 1. The first kappa shape index (κ1) is 21.7. The Morgan fingerprint density at radius 1 is 1.19 bits per heavy atom. The minimum absolute atomic E-state index is 0.118. The molecule has 3 aromatic rings. The Morgan fingerprint density at radius 3 is 2.65 bits per heavy atom. The molecular weight excluding hydrogens is 460 g/mol. The number of piperazine rings is 1. The number of aromatic nitrogens is 1. The minimum atomic E-state index is -3.82. The molecule has 0 unspecified atom stereocenters. The number of pyridine rings is 1. The molecule has 0 bridgehead atoms. The van der Waals surface area contributed by atoms with Crippen LogP contribution < -0.4 is 4.90 Å². The van der Waals surface area contributed by atoms with E-state index in [0.29, 0.717) is 10.7 Å². The highest BCUT2D eigenvalue weighted by Gasteiger charge is 2.34. The molecule has 2 amide bonds. The molecule has 1 aliphatic rings. The first-order valence-corrected chi connectivity index (χ1v) is 12.0. The maximum Gasteiger partial charge on any atom is 0.253 e. The molecule has 11 heteroatoms. The van der Waals surface area contributed by atoms with Crippen molar-refractivity contribution in [1.82, 2.24) is 14.2 Å². The van der Waals surface area contributed by atoms with Crippen LogP contribution in [0, 0.1) is 0 Å². The number of amides is 2. The fourth-order valence-corrected chi connectivity index (χ4v) is 6.48. The van der Waals surface area contributed by atoms with Gasteiger partial charge in [-0.05, 0) is 35.7 Å². The average molecular weight is 479 g/mol. The SMILES string of the molecule is CN(C(=O)CN1CCN(S(=O)(=O)c2cc3ccc(Cl)cc3s2)CC1=O)c1ccncc1. The predicted molar refractivity (Wildman–Crippen MR) is 120 cm³/mol. The van der Waals surface area contributed by atoms with E-state index in [4.69, 9.17) is 11.6 Å². The van der Waals surface area contributed by atoms with Gasteiger partial charge in [0, 0.05) is 47.9 Å². The molecule has 3 heterocycles. The smallest absolute Gasteiger partial charge is 0.253 e. The van der Waals surface area contributed by atoms with Crippen molar-refractivity contribution < 1.29 is 18.0 Å². The summed E-state index contributed by atoms with van der Waals surface area (Å²) in [5.74, 6) is -0.673. The van der Waals surface area contributed by atoms with Crippen molar-refractivity contribution >= 4 is 60.5 Å². The average Bonchev–Trinajstić information content (AvgIpc) is 3.19.